The first kappa shape index (κ1) is 20.0. The maximum atomic E-state index is 13.6. The first-order valence-electron chi connectivity index (χ1n) is 11.5. The van der Waals surface area contributed by atoms with E-state index in [2.05, 4.69) is 83.0 Å². The molecule has 31 heavy (non-hydrogen) atoms. The van der Waals surface area contributed by atoms with E-state index in [1.165, 1.54) is 29.5 Å². The molecule has 3 heteroatoms. The third kappa shape index (κ3) is 4.57. The molecule has 1 heterocycles. The highest BCUT2D eigenvalue weighted by atomic mass is 16.2. The Morgan fingerprint density at radius 2 is 1.55 bits per heavy atom. The number of anilines is 1. The second-order valence-corrected chi connectivity index (χ2v) is 8.93. The van der Waals surface area contributed by atoms with Gasteiger partial charge in [0.2, 0.25) is 5.91 Å². The van der Waals surface area contributed by atoms with Crippen LogP contribution < -0.4 is 10.2 Å². The molecule has 1 amide bonds. The van der Waals surface area contributed by atoms with E-state index in [4.69, 9.17) is 0 Å². The van der Waals surface area contributed by atoms with E-state index >= 15 is 0 Å². The van der Waals surface area contributed by atoms with E-state index in [1.54, 1.807) is 0 Å². The Kier molecular flexibility index (Phi) is 5.86. The molecule has 3 atom stereocenters. The molecule has 3 aromatic carbocycles. The van der Waals surface area contributed by atoms with Crippen molar-refractivity contribution in [1.82, 2.24) is 5.32 Å². The zero-order chi connectivity index (χ0) is 21.0. The van der Waals surface area contributed by atoms with Crippen LogP contribution in [0.15, 0.2) is 84.9 Å². The molecule has 1 saturated carbocycles. The Morgan fingerprint density at radius 3 is 2.23 bits per heavy atom. The summed E-state index contributed by atoms with van der Waals surface area (Å²) in [6.45, 7) is 2.89. The molecule has 0 aromatic heterocycles. The van der Waals surface area contributed by atoms with Gasteiger partial charge in [0.15, 0.2) is 0 Å². The van der Waals surface area contributed by atoms with E-state index < -0.39 is 0 Å². The standard InChI is InChI=1S/C28H30N2O/c31-28(27-18-26(27)24-11-5-2-6-12-24)30(20-21-8-7-17-29-19-21)25-15-13-23(14-16-25)22-9-3-1-4-10-22/h1-6,9-16,21,26-27,29H,7-8,17-20H2/t21?,26-,27+/m0/s1. The number of hydrogen-bond donors (Lipinski definition) is 1. The number of carbonyl (C=O) groups excluding carboxylic acids is 1. The largest absolute Gasteiger partial charge is 0.316 e. The predicted molar refractivity (Wildman–Crippen MR) is 127 cm³/mol. The fourth-order valence-electron chi connectivity index (χ4n) is 4.86. The van der Waals surface area contributed by atoms with Crippen molar-refractivity contribution in [3.05, 3.63) is 90.5 Å². The maximum absolute atomic E-state index is 13.6. The molecule has 1 N–H and O–H groups in total. The topological polar surface area (TPSA) is 32.3 Å². The van der Waals surface area contributed by atoms with E-state index in [0.29, 0.717) is 11.8 Å². The number of amides is 1. The number of hydrogen-bond acceptors (Lipinski definition) is 2. The van der Waals surface area contributed by atoms with Crippen molar-refractivity contribution in [2.45, 2.75) is 25.2 Å². The Hall–Kier alpha value is -2.91. The van der Waals surface area contributed by atoms with Crippen molar-refractivity contribution >= 4 is 11.6 Å². The van der Waals surface area contributed by atoms with Gasteiger partial charge in [0.05, 0.1) is 0 Å². The smallest absolute Gasteiger partial charge is 0.230 e. The molecule has 1 saturated heterocycles. The number of piperidine rings is 1. The quantitative estimate of drug-likeness (QED) is 0.583. The number of carbonyl (C=O) groups is 1. The van der Waals surface area contributed by atoms with Crippen molar-refractivity contribution in [1.29, 1.82) is 0 Å². The molecule has 2 fully saturated rings. The van der Waals surface area contributed by atoms with Gasteiger partial charge < -0.3 is 10.2 Å². The molecule has 5 rings (SSSR count). The van der Waals surface area contributed by atoms with Crippen molar-refractivity contribution in [3.63, 3.8) is 0 Å². The molecular formula is C28H30N2O. The first-order chi connectivity index (χ1) is 15.3. The summed E-state index contributed by atoms with van der Waals surface area (Å²) in [5.41, 5.74) is 4.70. The zero-order valence-corrected chi connectivity index (χ0v) is 17.9. The number of benzene rings is 3. The average Bonchev–Trinajstić information content (AvgIpc) is 3.65. The normalized spacial score (nSPS) is 22.6. The molecule has 3 nitrogen and oxygen atoms in total. The van der Waals surface area contributed by atoms with Crippen LogP contribution >= 0.6 is 0 Å². The molecule has 3 aromatic rings. The molecular weight excluding hydrogens is 380 g/mol. The summed E-state index contributed by atoms with van der Waals surface area (Å²) < 4.78 is 0. The van der Waals surface area contributed by atoms with Gasteiger partial charge in [0, 0.05) is 18.2 Å². The number of rotatable bonds is 6. The van der Waals surface area contributed by atoms with Crippen LogP contribution in [-0.2, 0) is 4.79 Å². The van der Waals surface area contributed by atoms with Gasteiger partial charge in [0.25, 0.3) is 0 Å². The third-order valence-electron chi connectivity index (χ3n) is 6.73. The minimum atomic E-state index is 0.104. The monoisotopic (exact) mass is 410 g/mol. The number of nitrogens with zero attached hydrogens (tertiary/aromatic N) is 1. The van der Waals surface area contributed by atoms with Gasteiger partial charge in [0.1, 0.15) is 0 Å². The lowest BCUT2D eigenvalue weighted by Gasteiger charge is -2.31. The molecule has 1 aliphatic heterocycles. The molecule has 2 aliphatic rings. The molecule has 0 bridgehead atoms. The highest BCUT2D eigenvalue weighted by molar-refractivity contribution is 5.97. The van der Waals surface area contributed by atoms with Gasteiger partial charge in [-0.15, -0.1) is 0 Å². The second-order valence-electron chi connectivity index (χ2n) is 8.93. The van der Waals surface area contributed by atoms with E-state index in [1.807, 2.05) is 12.1 Å². The van der Waals surface area contributed by atoms with Gasteiger partial charge in [-0.1, -0.05) is 72.8 Å². The maximum Gasteiger partial charge on any atom is 0.230 e. The second kappa shape index (κ2) is 9.07. The fourth-order valence-corrected chi connectivity index (χ4v) is 4.86. The summed E-state index contributed by atoms with van der Waals surface area (Å²) in [5.74, 6) is 1.27. The van der Waals surface area contributed by atoms with Gasteiger partial charge in [-0.05, 0) is 73.0 Å². The fraction of sp³-hybridized carbons (Fsp3) is 0.321. The van der Waals surface area contributed by atoms with Gasteiger partial charge in [-0.2, -0.15) is 0 Å². The molecule has 0 radical (unpaired) electrons. The Morgan fingerprint density at radius 1 is 0.871 bits per heavy atom. The van der Waals surface area contributed by atoms with E-state index in [9.17, 15) is 4.79 Å². The summed E-state index contributed by atoms with van der Waals surface area (Å²) >= 11 is 0. The zero-order valence-electron chi connectivity index (χ0n) is 17.9. The summed E-state index contributed by atoms with van der Waals surface area (Å²) in [6.07, 6.45) is 3.34. The lowest BCUT2D eigenvalue weighted by Crippen LogP contribution is -2.42. The van der Waals surface area contributed by atoms with Crippen molar-refractivity contribution in [2.75, 3.05) is 24.5 Å². The molecule has 158 valence electrons. The first-order valence-corrected chi connectivity index (χ1v) is 11.5. The predicted octanol–water partition coefficient (Wildman–Crippen LogP) is 5.49. The van der Waals surface area contributed by atoms with Crippen molar-refractivity contribution in [3.8, 4) is 11.1 Å². The Labute approximate surface area is 185 Å². The van der Waals surface area contributed by atoms with Crippen LogP contribution in [0.3, 0.4) is 0 Å². The van der Waals surface area contributed by atoms with Crippen LogP contribution in [0.2, 0.25) is 0 Å². The van der Waals surface area contributed by atoms with Crippen LogP contribution in [0.1, 0.15) is 30.7 Å². The van der Waals surface area contributed by atoms with E-state index in [-0.39, 0.29) is 11.8 Å². The van der Waals surface area contributed by atoms with E-state index in [0.717, 1.165) is 31.7 Å². The van der Waals surface area contributed by atoms with Crippen LogP contribution in [0.4, 0.5) is 5.69 Å². The summed E-state index contributed by atoms with van der Waals surface area (Å²) in [6, 6.07) is 29.4. The number of nitrogens with one attached hydrogen (secondary N) is 1. The minimum Gasteiger partial charge on any atom is -0.316 e. The Balaban J connectivity index is 1.37. The van der Waals surface area contributed by atoms with Crippen LogP contribution in [-0.4, -0.2) is 25.5 Å². The van der Waals surface area contributed by atoms with Crippen LogP contribution in [0, 0.1) is 11.8 Å². The highest BCUT2D eigenvalue weighted by Crippen LogP contribution is 2.49. The minimum absolute atomic E-state index is 0.104. The molecule has 0 spiro atoms. The third-order valence-corrected chi connectivity index (χ3v) is 6.73. The van der Waals surface area contributed by atoms with Gasteiger partial charge in [-0.25, -0.2) is 0 Å². The lowest BCUT2D eigenvalue weighted by molar-refractivity contribution is -0.120. The summed E-state index contributed by atoms with van der Waals surface area (Å²) in [4.78, 5) is 15.7. The van der Waals surface area contributed by atoms with Crippen molar-refractivity contribution in [2.24, 2.45) is 11.8 Å². The summed E-state index contributed by atoms with van der Waals surface area (Å²) in [7, 11) is 0. The molecule has 1 aliphatic carbocycles. The Bertz CT molecular complexity index is 994. The van der Waals surface area contributed by atoms with Crippen molar-refractivity contribution < 1.29 is 4.79 Å². The average molecular weight is 411 g/mol. The molecule has 1 unspecified atom stereocenters. The van der Waals surface area contributed by atoms with Crippen LogP contribution in [0.25, 0.3) is 11.1 Å². The van der Waals surface area contributed by atoms with Crippen LogP contribution in [0.5, 0.6) is 0 Å². The van der Waals surface area contributed by atoms with Gasteiger partial charge >= 0.3 is 0 Å². The van der Waals surface area contributed by atoms with Gasteiger partial charge in [-0.3, -0.25) is 4.79 Å². The lowest BCUT2D eigenvalue weighted by atomic mass is 9.98. The SMILES string of the molecule is O=C([C@@H]1C[C@H]1c1ccccc1)N(CC1CCCNC1)c1ccc(-c2ccccc2)cc1. The summed E-state index contributed by atoms with van der Waals surface area (Å²) in [5, 5.41) is 3.50. The highest BCUT2D eigenvalue weighted by Gasteiger charge is 2.46.